The third kappa shape index (κ3) is 7.97. The Morgan fingerprint density at radius 1 is 0.812 bits per heavy atom. The first kappa shape index (κ1) is 16.8. The van der Waals surface area contributed by atoms with Gasteiger partial charge < -0.3 is 0 Å². The van der Waals surface area contributed by atoms with Gasteiger partial charge in [0.2, 0.25) is 0 Å². The molecule has 2 atom stereocenters. The number of nitrogens with zero attached hydrogens (tertiary/aromatic N) is 2. The second-order valence-electron chi connectivity index (χ2n) is 5.89. The van der Waals surface area contributed by atoms with E-state index < -0.39 is 21.4 Å². The van der Waals surface area contributed by atoms with Crippen LogP contribution in [0.15, 0.2) is 0 Å². The van der Waals surface area contributed by atoms with Gasteiger partial charge >= 0.3 is 111 Å². The molecule has 0 aliphatic carbocycles. The van der Waals surface area contributed by atoms with Gasteiger partial charge in [0.15, 0.2) is 0 Å². The van der Waals surface area contributed by atoms with E-state index in [1.165, 1.54) is 12.8 Å². The summed E-state index contributed by atoms with van der Waals surface area (Å²) in [6.07, 6.45) is 2.83. The summed E-state index contributed by atoms with van der Waals surface area (Å²) >= 11 is -1.12. The fourth-order valence-electron chi connectivity index (χ4n) is 1.71. The zero-order valence-corrected chi connectivity index (χ0v) is 15.8. The summed E-state index contributed by atoms with van der Waals surface area (Å²) in [6.45, 7) is 4.70. The van der Waals surface area contributed by atoms with Crippen molar-refractivity contribution in [2.75, 3.05) is 28.2 Å². The Labute approximate surface area is 111 Å². The van der Waals surface area contributed by atoms with Gasteiger partial charge in [0.05, 0.1) is 0 Å². The van der Waals surface area contributed by atoms with Crippen molar-refractivity contribution in [2.24, 2.45) is 0 Å². The zero-order chi connectivity index (χ0) is 12.7. The van der Waals surface area contributed by atoms with Gasteiger partial charge in [-0.1, -0.05) is 0 Å². The van der Waals surface area contributed by atoms with Crippen LogP contribution in [0.3, 0.4) is 0 Å². The quantitative estimate of drug-likeness (QED) is 0.675. The van der Waals surface area contributed by atoms with Crippen molar-refractivity contribution in [3.05, 3.63) is 0 Å². The molecule has 0 spiro atoms. The molecule has 3 heteroatoms. The van der Waals surface area contributed by atoms with Crippen molar-refractivity contribution in [3.8, 4) is 0 Å². The molecule has 0 amide bonds. The third-order valence-corrected chi connectivity index (χ3v) is 11.4. The van der Waals surface area contributed by atoms with Crippen LogP contribution >= 0.6 is 0 Å². The molecule has 0 aromatic carbocycles. The SMILES string of the molecule is CC(C[CH2][In]([CH3])[CH2]CC(C)N(C)C)N(C)C. The molecule has 0 bridgehead atoms. The van der Waals surface area contributed by atoms with E-state index in [1.807, 2.05) is 0 Å². The van der Waals surface area contributed by atoms with Crippen LogP contribution in [-0.4, -0.2) is 71.5 Å². The van der Waals surface area contributed by atoms with E-state index >= 15 is 0 Å². The Morgan fingerprint density at radius 2 is 1.12 bits per heavy atom. The van der Waals surface area contributed by atoms with Crippen LogP contribution in [0.4, 0.5) is 0 Å². The first-order valence-electron chi connectivity index (χ1n) is 6.67. The molecule has 0 rings (SSSR count). The number of rotatable bonds is 8. The molecule has 2 unspecified atom stereocenters. The summed E-state index contributed by atoms with van der Waals surface area (Å²) in [5.41, 5.74) is 0. The molecule has 2 nitrogen and oxygen atoms in total. The van der Waals surface area contributed by atoms with Crippen LogP contribution < -0.4 is 0 Å². The van der Waals surface area contributed by atoms with Crippen molar-refractivity contribution in [3.63, 3.8) is 0 Å². The van der Waals surface area contributed by atoms with Crippen molar-refractivity contribution in [1.82, 2.24) is 9.80 Å². The molecule has 0 fully saturated rings. The van der Waals surface area contributed by atoms with Gasteiger partial charge in [0.25, 0.3) is 0 Å². The molecule has 0 saturated carbocycles. The van der Waals surface area contributed by atoms with E-state index in [9.17, 15) is 0 Å². The summed E-state index contributed by atoms with van der Waals surface area (Å²) < 4.78 is 5.74. The Bertz CT molecular complexity index is 153. The van der Waals surface area contributed by atoms with Gasteiger partial charge in [-0.15, -0.1) is 0 Å². The molecule has 0 radical (unpaired) electrons. The fourth-order valence-corrected chi connectivity index (χ4v) is 8.54. The average Bonchev–Trinajstić information content (AvgIpc) is 2.21. The maximum atomic E-state index is 2.60. The van der Waals surface area contributed by atoms with Gasteiger partial charge in [0.1, 0.15) is 0 Å². The molecule has 96 valence electrons. The van der Waals surface area contributed by atoms with E-state index in [0.717, 1.165) is 12.1 Å². The maximum absolute atomic E-state index is 2.60. The minimum atomic E-state index is -1.12. The molecular weight excluding hydrogens is 299 g/mol. The van der Waals surface area contributed by atoms with Crippen molar-refractivity contribution in [1.29, 1.82) is 0 Å². The molecule has 16 heavy (non-hydrogen) atoms. The van der Waals surface area contributed by atoms with Crippen LogP contribution in [-0.2, 0) is 0 Å². The second-order valence-corrected chi connectivity index (χ2v) is 15.5. The van der Waals surface area contributed by atoms with Crippen LogP contribution in [0.2, 0.25) is 13.0 Å². The normalized spacial score (nSPS) is 15.6. The molecule has 0 N–H and O–H groups in total. The van der Waals surface area contributed by atoms with Crippen LogP contribution in [0, 0.1) is 0 Å². The summed E-state index contributed by atoms with van der Waals surface area (Å²) in [7, 11) is 8.77. The standard InChI is InChI=1S/2C6H14N.CH3.In/c2*1-5-6(2)7(3)4;;/h2*6H,1,5H2,2-4H3;1H3;. The Kier molecular flexibility index (Phi) is 9.25. The second kappa shape index (κ2) is 8.82. The van der Waals surface area contributed by atoms with E-state index in [1.54, 1.807) is 8.35 Å². The number of hydrogen-bond acceptors (Lipinski definition) is 2. The van der Waals surface area contributed by atoms with E-state index in [4.69, 9.17) is 0 Å². The fraction of sp³-hybridized carbons (Fsp3) is 1.00. The molecule has 0 saturated heterocycles. The van der Waals surface area contributed by atoms with Gasteiger partial charge in [-0.25, -0.2) is 0 Å². The summed E-state index contributed by atoms with van der Waals surface area (Å²) in [5, 5.41) is 0. The van der Waals surface area contributed by atoms with E-state index in [-0.39, 0.29) is 0 Å². The van der Waals surface area contributed by atoms with Gasteiger partial charge in [0, 0.05) is 0 Å². The Morgan fingerprint density at radius 3 is 1.38 bits per heavy atom. The van der Waals surface area contributed by atoms with Crippen molar-refractivity contribution >= 4 is 21.4 Å². The topological polar surface area (TPSA) is 6.48 Å². The minimum absolute atomic E-state index is 0.769. The molecular formula is C13H31InN2. The monoisotopic (exact) mass is 330 g/mol. The molecule has 0 aromatic rings. The van der Waals surface area contributed by atoms with Crippen molar-refractivity contribution in [2.45, 2.75) is 51.8 Å². The number of hydrogen-bond donors (Lipinski definition) is 0. The summed E-state index contributed by atoms with van der Waals surface area (Å²) in [5.74, 6) is 0. The van der Waals surface area contributed by atoms with Crippen LogP contribution in [0.5, 0.6) is 0 Å². The predicted octanol–water partition coefficient (Wildman–Crippen LogP) is 2.79. The van der Waals surface area contributed by atoms with Crippen molar-refractivity contribution < 1.29 is 0 Å². The van der Waals surface area contributed by atoms with Gasteiger partial charge in [-0.2, -0.15) is 0 Å². The molecule has 0 heterocycles. The Hall–Kier alpha value is 0.790. The van der Waals surface area contributed by atoms with Crippen LogP contribution in [0.25, 0.3) is 0 Å². The summed E-state index contributed by atoms with van der Waals surface area (Å²) in [4.78, 5) is 4.70. The molecule has 0 aliphatic rings. The Balaban J connectivity index is 3.63. The summed E-state index contributed by atoms with van der Waals surface area (Å²) in [6, 6.07) is 1.54. The predicted molar refractivity (Wildman–Crippen MR) is 76.8 cm³/mol. The molecule has 0 aromatic heterocycles. The van der Waals surface area contributed by atoms with E-state index in [0.29, 0.717) is 0 Å². The van der Waals surface area contributed by atoms with Gasteiger partial charge in [-0.05, 0) is 0 Å². The van der Waals surface area contributed by atoms with Crippen LogP contribution in [0.1, 0.15) is 26.7 Å². The molecule has 0 aliphatic heterocycles. The van der Waals surface area contributed by atoms with E-state index in [2.05, 4.69) is 56.5 Å². The zero-order valence-electron chi connectivity index (χ0n) is 12.5. The average molecular weight is 330 g/mol. The third-order valence-electron chi connectivity index (χ3n) is 3.92. The first-order chi connectivity index (χ1) is 7.34. The van der Waals surface area contributed by atoms with Gasteiger partial charge in [-0.3, -0.25) is 0 Å². The first-order valence-corrected chi connectivity index (χ1v) is 14.6.